The monoisotopic (exact) mass is 435 g/mol. The van der Waals surface area contributed by atoms with Crippen LogP contribution in [0, 0.1) is 6.92 Å². The van der Waals surface area contributed by atoms with E-state index in [1.165, 1.54) is 0 Å². The molecule has 0 fully saturated rings. The number of hydrogen-bond acceptors (Lipinski definition) is 7. The molecule has 0 aliphatic heterocycles. The van der Waals surface area contributed by atoms with Crippen molar-refractivity contribution in [1.82, 2.24) is 29.7 Å². The van der Waals surface area contributed by atoms with Crippen molar-refractivity contribution in [1.29, 1.82) is 0 Å². The van der Waals surface area contributed by atoms with Gasteiger partial charge in [-0.3, -0.25) is 0 Å². The second-order valence-corrected chi connectivity index (χ2v) is 8.36. The van der Waals surface area contributed by atoms with Gasteiger partial charge in [-0.2, -0.15) is 5.10 Å². The maximum absolute atomic E-state index is 4.82. The number of rotatable bonds is 4. The fraction of sp³-hybridized carbons (Fsp3) is 0.0417. The SMILES string of the molecule is Cc1ncn(-c2ccc(Nc3ncc4cccc(-c5nc6ccccc6s5)c4n3)cc2)n1. The highest BCUT2D eigenvalue weighted by Gasteiger charge is 2.12. The number of fused-ring (bicyclic) bond motifs is 2. The Bertz CT molecular complexity index is 1530. The highest BCUT2D eigenvalue weighted by molar-refractivity contribution is 7.21. The smallest absolute Gasteiger partial charge is 0.227 e. The molecule has 6 rings (SSSR count). The molecule has 3 aromatic carbocycles. The molecule has 0 aliphatic carbocycles. The van der Waals surface area contributed by atoms with Crippen LogP contribution in [0.3, 0.4) is 0 Å². The molecule has 1 N–H and O–H groups in total. The van der Waals surface area contributed by atoms with Crippen molar-refractivity contribution in [3.8, 4) is 16.3 Å². The zero-order valence-electron chi connectivity index (χ0n) is 17.1. The van der Waals surface area contributed by atoms with Crippen molar-refractivity contribution in [2.45, 2.75) is 6.92 Å². The molecule has 3 aromatic heterocycles. The van der Waals surface area contributed by atoms with Gasteiger partial charge in [0.2, 0.25) is 5.95 Å². The number of hydrogen-bond donors (Lipinski definition) is 1. The lowest BCUT2D eigenvalue weighted by molar-refractivity contribution is 0.863. The van der Waals surface area contributed by atoms with Crippen molar-refractivity contribution in [2.75, 3.05) is 5.32 Å². The molecule has 0 bridgehead atoms. The summed E-state index contributed by atoms with van der Waals surface area (Å²) in [4.78, 5) is 18.3. The topological polar surface area (TPSA) is 81.4 Å². The molecule has 3 heterocycles. The third-order valence-corrected chi connectivity index (χ3v) is 6.20. The maximum Gasteiger partial charge on any atom is 0.227 e. The number of nitrogens with zero attached hydrogens (tertiary/aromatic N) is 6. The first kappa shape index (κ1) is 18.6. The fourth-order valence-corrected chi connectivity index (χ4v) is 4.56. The van der Waals surface area contributed by atoms with Crippen molar-refractivity contribution in [3.63, 3.8) is 0 Å². The van der Waals surface area contributed by atoms with Gasteiger partial charge in [-0.15, -0.1) is 11.3 Å². The zero-order valence-corrected chi connectivity index (χ0v) is 17.9. The molecule has 0 amide bonds. The molecule has 7 nitrogen and oxygen atoms in total. The van der Waals surface area contributed by atoms with E-state index in [0.29, 0.717) is 5.95 Å². The molecule has 0 saturated heterocycles. The van der Waals surface area contributed by atoms with Gasteiger partial charge in [-0.05, 0) is 49.4 Å². The van der Waals surface area contributed by atoms with Gasteiger partial charge >= 0.3 is 0 Å². The summed E-state index contributed by atoms with van der Waals surface area (Å²) in [6.07, 6.45) is 3.54. The van der Waals surface area contributed by atoms with E-state index in [1.807, 2.05) is 67.7 Å². The van der Waals surface area contributed by atoms with Crippen LogP contribution in [-0.4, -0.2) is 29.7 Å². The van der Waals surface area contributed by atoms with Crippen LogP contribution < -0.4 is 5.32 Å². The average molecular weight is 436 g/mol. The zero-order chi connectivity index (χ0) is 21.5. The van der Waals surface area contributed by atoms with Crippen LogP contribution in [0.4, 0.5) is 11.6 Å². The quantitative estimate of drug-likeness (QED) is 0.392. The van der Waals surface area contributed by atoms with Crippen LogP contribution >= 0.6 is 11.3 Å². The van der Waals surface area contributed by atoms with Crippen LogP contribution in [0.2, 0.25) is 0 Å². The van der Waals surface area contributed by atoms with Gasteiger partial charge in [-0.25, -0.2) is 24.6 Å². The molecule has 32 heavy (non-hydrogen) atoms. The van der Waals surface area contributed by atoms with Crippen molar-refractivity contribution >= 4 is 44.1 Å². The van der Waals surface area contributed by atoms with Gasteiger partial charge in [0.15, 0.2) is 0 Å². The molecule has 0 unspecified atom stereocenters. The van der Waals surface area contributed by atoms with Gasteiger partial charge < -0.3 is 5.32 Å². The second-order valence-electron chi connectivity index (χ2n) is 7.33. The molecular weight excluding hydrogens is 418 g/mol. The van der Waals surface area contributed by atoms with E-state index in [9.17, 15) is 0 Å². The summed E-state index contributed by atoms with van der Waals surface area (Å²) in [6, 6.07) is 22.2. The summed E-state index contributed by atoms with van der Waals surface area (Å²) in [6.45, 7) is 1.87. The lowest BCUT2D eigenvalue weighted by Gasteiger charge is -2.08. The molecule has 0 aliphatic rings. The Morgan fingerprint density at radius 2 is 1.75 bits per heavy atom. The third-order valence-electron chi connectivity index (χ3n) is 5.13. The van der Waals surface area contributed by atoms with Crippen molar-refractivity contribution in [2.24, 2.45) is 0 Å². The van der Waals surface area contributed by atoms with Gasteiger partial charge in [0.1, 0.15) is 17.2 Å². The van der Waals surface area contributed by atoms with Gasteiger partial charge in [0, 0.05) is 22.8 Å². The molecule has 154 valence electrons. The van der Waals surface area contributed by atoms with Crippen LogP contribution in [0.15, 0.2) is 79.3 Å². The minimum atomic E-state index is 0.537. The minimum Gasteiger partial charge on any atom is -0.324 e. The van der Waals surface area contributed by atoms with Crippen LogP contribution in [0.5, 0.6) is 0 Å². The standard InChI is InChI=1S/C24H17N7S/c1-15-26-14-31(30-15)18-11-9-17(10-12-18)27-24-25-13-16-5-4-6-19(22(16)29-24)23-28-20-7-2-3-8-21(20)32-23/h2-14H,1H3,(H,25,27,29). The Hall–Kier alpha value is -4.17. The van der Waals surface area contributed by atoms with Gasteiger partial charge in [-0.1, -0.05) is 24.3 Å². The Morgan fingerprint density at radius 3 is 2.56 bits per heavy atom. The Kier molecular flexibility index (Phi) is 4.36. The molecule has 0 saturated carbocycles. The Morgan fingerprint density at radius 1 is 0.875 bits per heavy atom. The largest absolute Gasteiger partial charge is 0.324 e. The van der Waals surface area contributed by atoms with Crippen LogP contribution in [0.25, 0.3) is 37.4 Å². The number of anilines is 2. The predicted molar refractivity (Wildman–Crippen MR) is 128 cm³/mol. The minimum absolute atomic E-state index is 0.537. The average Bonchev–Trinajstić information content (AvgIpc) is 3.45. The summed E-state index contributed by atoms with van der Waals surface area (Å²) < 4.78 is 2.91. The number of nitrogens with one attached hydrogen (secondary N) is 1. The van der Waals surface area contributed by atoms with Crippen LogP contribution in [0.1, 0.15) is 5.82 Å². The molecule has 0 atom stereocenters. The number of benzene rings is 3. The number of aryl methyl sites for hydroxylation is 1. The Labute approximate surface area is 187 Å². The van der Waals surface area contributed by atoms with Crippen LogP contribution in [-0.2, 0) is 0 Å². The summed E-state index contributed by atoms with van der Waals surface area (Å²) in [7, 11) is 0. The van der Waals surface area contributed by atoms with E-state index >= 15 is 0 Å². The summed E-state index contributed by atoms with van der Waals surface area (Å²) in [5.41, 5.74) is 4.71. The predicted octanol–water partition coefficient (Wildman–Crippen LogP) is 5.54. The second kappa shape index (κ2) is 7.51. The van der Waals surface area contributed by atoms with E-state index < -0.39 is 0 Å². The summed E-state index contributed by atoms with van der Waals surface area (Å²) in [5, 5.41) is 9.57. The summed E-state index contributed by atoms with van der Waals surface area (Å²) >= 11 is 1.67. The molecule has 0 radical (unpaired) electrons. The first-order valence-corrected chi connectivity index (χ1v) is 10.9. The van der Waals surface area contributed by atoms with Gasteiger partial charge in [0.05, 0.1) is 21.4 Å². The highest BCUT2D eigenvalue weighted by Crippen LogP contribution is 2.34. The normalized spacial score (nSPS) is 11.3. The molecule has 6 aromatic rings. The third kappa shape index (κ3) is 3.36. The number of para-hydroxylation sites is 2. The van der Waals surface area contributed by atoms with E-state index in [1.54, 1.807) is 22.3 Å². The molecule has 8 heteroatoms. The highest BCUT2D eigenvalue weighted by atomic mass is 32.1. The summed E-state index contributed by atoms with van der Waals surface area (Å²) in [5.74, 6) is 1.27. The number of aromatic nitrogens is 6. The number of thiazole rings is 1. The van der Waals surface area contributed by atoms with Gasteiger partial charge in [0.25, 0.3) is 0 Å². The maximum atomic E-state index is 4.82. The molecular formula is C24H17N7S. The fourth-order valence-electron chi connectivity index (χ4n) is 3.57. The van der Waals surface area contributed by atoms with E-state index in [0.717, 1.165) is 48.9 Å². The van der Waals surface area contributed by atoms with E-state index in [-0.39, 0.29) is 0 Å². The van der Waals surface area contributed by atoms with E-state index in [4.69, 9.17) is 9.97 Å². The van der Waals surface area contributed by atoms with E-state index in [2.05, 4.69) is 32.5 Å². The lowest BCUT2D eigenvalue weighted by atomic mass is 10.1. The molecule has 0 spiro atoms. The Balaban J connectivity index is 1.34. The first-order valence-electron chi connectivity index (χ1n) is 10.1. The first-order chi connectivity index (χ1) is 15.7. The lowest BCUT2D eigenvalue weighted by Crippen LogP contribution is -1.99. The van der Waals surface area contributed by atoms with Crippen molar-refractivity contribution < 1.29 is 0 Å². The van der Waals surface area contributed by atoms with Crippen molar-refractivity contribution in [3.05, 3.63) is 85.1 Å².